The van der Waals surface area contributed by atoms with Crippen molar-refractivity contribution in [3.8, 4) is 5.88 Å². The lowest BCUT2D eigenvalue weighted by Gasteiger charge is -2.24. The molecule has 0 saturated heterocycles. The molecule has 0 spiro atoms. The predicted octanol–water partition coefficient (Wildman–Crippen LogP) is 0.987. The van der Waals surface area contributed by atoms with E-state index in [0.717, 1.165) is 19.0 Å². The number of rotatable bonds is 2. The van der Waals surface area contributed by atoms with E-state index in [2.05, 4.69) is 24.3 Å². The molecule has 0 fully saturated rings. The van der Waals surface area contributed by atoms with Gasteiger partial charge in [-0.15, -0.1) is 0 Å². The van der Waals surface area contributed by atoms with Crippen molar-refractivity contribution < 1.29 is 4.74 Å². The van der Waals surface area contributed by atoms with Crippen molar-refractivity contribution in [2.75, 3.05) is 13.7 Å². The molecule has 0 radical (unpaired) electrons. The Kier molecular flexibility index (Phi) is 2.46. The third-order valence-corrected chi connectivity index (χ3v) is 2.66. The standard InChI is InChI=1S/C10H17N3O/c1-7(2)9-4-12-13-5-8(11-3)6-14-10(9)13/h4,7-8,11H,5-6H2,1-3H3/t8-/m0/s1. The summed E-state index contributed by atoms with van der Waals surface area (Å²) in [6.45, 7) is 5.96. The Bertz CT molecular complexity index is 319. The summed E-state index contributed by atoms with van der Waals surface area (Å²) in [7, 11) is 1.95. The van der Waals surface area contributed by atoms with Crippen molar-refractivity contribution in [2.24, 2.45) is 0 Å². The molecular formula is C10H17N3O. The zero-order valence-corrected chi connectivity index (χ0v) is 8.95. The molecule has 2 rings (SSSR count). The number of fused-ring (bicyclic) bond motifs is 1. The van der Waals surface area contributed by atoms with Gasteiger partial charge in [-0.1, -0.05) is 13.8 Å². The van der Waals surface area contributed by atoms with Crippen LogP contribution in [-0.4, -0.2) is 29.5 Å². The number of likely N-dealkylation sites (N-methyl/N-ethyl adjacent to an activating group) is 1. The molecular weight excluding hydrogens is 178 g/mol. The van der Waals surface area contributed by atoms with E-state index in [0.29, 0.717) is 12.0 Å². The fourth-order valence-electron chi connectivity index (χ4n) is 1.69. The second kappa shape index (κ2) is 3.61. The van der Waals surface area contributed by atoms with Gasteiger partial charge in [0.1, 0.15) is 6.61 Å². The Morgan fingerprint density at radius 1 is 1.64 bits per heavy atom. The highest BCUT2D eigenvalue weighted by molar-refractivity contribution is 5.28. The van der Waals surface area contributed by atoms with E-state index < -0.39 is 0 Å². The Morgan fingerprint density at radius 3 is 3.07 bits per heavy atom. The minimum absolute atomic E-state index is 0.377. The third-order valence-electron chi connectivity index (χ3n) is 2.66. The topological polar surface area (TPSA) is 39.1 Å². The molecule has 1 aromatic rings. The van der Waals surface area contributed by atoms with Crippen LogP contribution in [0.3, 0.4) is 0 Å². The molecule has 1 aliphatic rings. The van der Waals surface area contributed by atoms with Gasteiger partial charge in [-0.3, -0.25) is 0 Å². The molecule has 0 unspecified atom stereocenters. The molecule has 0 bridgehead atoms. The molecule has 1 atom stereocenters. The molecule has 0 saturated carbocycles. The van der Waals surface area contributed by atoms with Crippen LogP contribution in [0.2, 0.25) is 0 Å². The van der Waals surface area contributed by atoms with E-state index in [4.69, 9.17) is 4.74 Å². The molecule has 0 amide bonds. The van der Waals surface area contributed by atoms with Gasteiger partial charge >= 0.3 is 0 Å². The summed E-state index contributed by atoms with van der Waals surface area (Å²) < 4.78 is 7.64. The molecule has 1 aromatic heterocycles. The third kappa shape index (κ3) is 1.50. The summed E-state index contributed by atoms with van der Waals surface area (Å²) in [5.41, 5.74) is 1.21. The summed E-state index contributed by atoms with van der Waals surface area (Å²) in [6, 6.07) is 0.377. The molecule has 78 valence electrons. The number of hydrogen-bond acceptors (Lipinski definition) is 3. The van der Waals surface area contributed by atoms with Crippen LogP contribution in [0.5, 0.6) is 5.88 Å². The smallest absolute Gasteiger partial charge is 0.215 e. The van der Waals surface area contributed by atoms with Gasteiger partial charge < -0.3 is 10.1 Å². The van der Waals surface area contributed by atoms with Gasteiger partial charge in [-0.2, -0.15) is 5.10 Å². The van der Waals surface area contributed by atoms with Gasteiger partial charge in [0.15, 0.2) is 0 Å². The van der Waals surface area contributed by atoms with Crippen LogP contribution in [0.4, 0.5) is 0 Å². The normalized spacial score (nSPS) is 20.7. The first-order chi connectivity index (χ1) is 6.72. The molecule has 4 nitrogen and oxygen atoms in total. The zero-order chi connectivity index (χ0) is 10.1. The van der Waals surface area contributed by atoms with Crippen molar-refractivity contribution in [3.63, 3.8) is 0 Å². The molecule has 2 heterocycles. The average Bonchev–Trinajstić information content (AvgIpc) is 2.59. The molecule has 14 heavy (non-hydrogen) atoms. The number of hydrogen-bond donors (Lipinski definition) is 1. The lowest BCUT2D eigenvalue weighted by atomic mass is 10.1. The predicted molar refractivity (Wildman–Crippen MR) is 54.7 cm³/mol. The molecule has 1 N–H and O–H groups in total. The maximum Gasteiger partial charge on any atom is 0.215 e. The van der Waals surface area contributed by atoms with Gasteiger partial charge in [0, 0.05) is 5.56 Å². The summed E-state index contributed by atoms with van der Waals surface area (Å²) in [4.78, 5) is 0. The van der Waals surface area contributed by atoms with E-state index in [-0.39, 0.29) is 0 Å². The largest absolute Gasteiger partial charge is 0.476 e. The number of ether oxygens (including phenoxy) is 1. The quantitative estimate of drug-likeness (QED) is 0.764. The molecule has 0 aliphatic carbocycles. The maximum atomic E-state index is 5.70. The zero-order valence-electron chi connectivity index (χ0n) is 8.95. The fraction of sp³-hybridized carbons (Fsp3) is 0.700. The van der Waals surface area contributed by atoms with Crippen molar-refractivity contribution in [3.05, 3.63) is 11.8 Å². The number of aromatic nitrogens is 2. The van der Waals surface area contributed by atoms with Crippen molar-refractivity contribution in [1.29, 1.82) is 0 Å². The number of nitrogens with zero attached hydrogens (tertiary/aromatic N) is 2. The second-order valence-electron chi connectivity index (χ2n) is 4.04. The van der Waals surface area contributed by atoms with E-state index in [1.165, 1.54) is 5.56 Å². The van der Waals surface area contributed by atoms with Crippen molar-refractivity contribution in [2.45, 2.75) is 32.4 Å². The number of nitrogens with one attached hydrogen (secondary N) is 1. The Labute approximate surface area is 84.3 Å². The van der Waals surface area contributed by atoms with E-state index in [1.54, 1.807) is 0 Å². The molecule has 4 heteroatoms. The second-order valence-corrected chi connectivity index (χ2v) is 4.04. The first-order valence-corrected chi connectivity index (χ1v) is 5.08. The van der Waals surface area contributed by atoms with Crippen LogP contribution in [0.15, 0.2) is 6.20 Å². The molecule has 1 aliphatic heterocycles. The minimum Gasteiger partial charge on any atom is -0.476 e. The summed E-state index contributed by atoms with van der Waals surface area (Å²) in [6.07, 6.45) is 1.91. The maximum absolute atomic E-state index is 5.70. The van der Waals surface area contributed by atoms with Gasteiger partial charge in [-0.25, -0.2) is 4.68 Å². The SMILES string of the molecule is CN[C@@H]1COc2c(C(C)C)cnn2C1. The van der Waals surface area contributed by atoms with Gasteiger partial charge in [0.05, 0.1) is 18.8 Å². The van der Waals surface area contributed by atoms with Gasteiger partial charge in [0.25, 0.3) is 0 Å². The van der Waals surface area contributed by atoms with Gasteiger partial charge in [0.2, 0.25) is 5.88 Å². The van der Waals surface area contributed by atoms with Crippen molar-refractivity contribution >= 4 is 0 Å². The van der Waals surface area contributed by atoms with E-state index >= 15 is 0 Å². The first kappa shape index (κ1) is 9.52. The Morgan fingerprint density at radius 2 is 2.43 bits per heavy atom. The lowest BCUT2D eigenvalue weighted by molar-refractivity contribution is 0.187. The van der Waals surface area contributed by atoms with Crippen LogP contribution in [0.1, 0.15) is 25.3 Å². The Hall–Kier alpha value is -1.03. The summed E-state index contributed by atoms with van der Waals surface area (Å²) in [5, 5.41) is 7.53. The van der Waals surface area contributed by atoms with Gasteiger partial charge in [-0.05, 0) is 13.0 Å². The lowest BCUT2D eigenvalue weighted by Crippen LogP contribution is -2.40. The van der Waals surface area contributed by atoms with Crippen LogP contribution >= 0.6 is 0 Å². The summed E-state index contributed by atoms with van der Waals surface area (Å²) >= 11 is 0. The fourth-order valence-corrected chi connectivity index (χ4v) is 1.69. The molecule has 0 aromatic carbocycles. The van der Waals surface area contributed by atoms with Crippen LogP contribution < -0.4 is 10.1 Å². The Balaban J connectivity index is 2.25. The van der Waals surface area contributed by atoms with E-state index in [9.17, 15) is 0 Å². The van der Waals surface area contributed by atoms with E-state index in [1.807, 2.05) is 17.9 Å². The first-order valence-electron chi connectivity index (χ1n) is 5.08. The van der Waals surface area contributed by atoms with Crippen molar-refractivity contribution in [1.82, 2.24) is 15.1 Å². The van der Waals surface area contributed by atoms with Crippen LogP contribution in [0, 0.1) is 0 Å². The summed E-state index contributed by atoms with van der Waals surface area (Å²) in [5.74, 6) is 1.43. The van der Waals surface area contributed by atoms with Crippen LogP contribution in [0.25, 0.3) is 0 Å². The highest BCUT2D eigenvalue weighted by Gasteiger charge is 2.22. The highest BCUT2D eigenvalue weighted by atomic mass is 16.5. The highest BCUT2D eigenvalue weighted by Crippen LogP contribution is 2.28. The minimum atomic E-state index is 0.377. The van der Waals surface area contributed by atoms with Crippen LogP contribution in [-0.2, 0) is 6.54 Å². The monoisotopic (exact) mass is 195 g/mol. The average molecular weight is 195 g/mol.